The standard InChI is InChI=1S/C16H31NO4Si/c1-14(2,3)20-13(19)17-16(11-18)9-12(10-16)21-22(7,8)15(4,5)6/h11-12H,9-10H2,1-8H3,(H,17,19). The molecule has 0 spiro atoms. The third kappa shape index (κ3) is 4.81. The van der Waals surface area contributed by atoms with Crippen LogP contribution in [0.2, 0.25) is 18.1 Å². The number of carbonyl (C=O) groups is 2. The monoisotopic (exact) mass is 329 g/mol. The van der Waals surface area contributed by atoms with E-state index in [0.29, 0.717) is 12.8 Å². The first-order chi connectivity index (χ1) is 9.70. The van der Waals surface area contributed by atoms with Crippen LogP contribution in [0.1, 0.15) is 54.4 Å². The van der Waals surface area contributed by atoms with Crippen molar-refractivity contribution >= 4 is 20.7 Å². The summed E-state index contributed by atoms with van der Waals surface area (Å²) in [5.74, 6) is 0. The van der Waals surface area contributed by atoms with Crippen LogP contribution in [0.3, 0.4) is 0 Å². The van der Waals surface area contributed by atoms with Crippen LogP contribution in [-0.4, -0.2) is 37.9 Å². The van der Waals surface area contributed by atoms with Crippen LogP contribution in [-0.2, 0) is 14.0 Å². The van der Waals surface area contributed by atoms with Gasteiger partial charge in [-0.25, -0.2) is 4.79 Å². The number of amides is 1. The maximum Gasteiger partial charge on any atom is 0.408 e. The van der Waals surface area contributed by atoms with E-state index >= 15 is 0 Å². The molecule has 0 aromatic heterocycles. The van der Waals surface area contributed by atoms with Crippen LogP contribution >= 0.6 is 0 Å². The van der Waals surface area contributed by atoms with E-state index in [1.54, 1.807) is 20.8 Å². The summed E-state index contributed by atoms with van der Waals surface area (Å²) in [5, 5.41) is 2.83. The van der Waals surface area contributed by atoms with Gasteiger partial charge in [0, 0.05) is 12.8 Å². The lowest BCUT2D eigenvalue weighted by Gasteiger charge is -2.49. The normalized spacial score (nSPS) is 26.1. The van der Waals surface area contributed by atoms with E-state index in [9.17, 15) is 9.59 Å². The van der Waals surface area contributed by atoms with Crippen molar-refractivity contribution in [3.8, 4) is 0 Å². The van der Waals surface area contributed by atoms with Crippen LogP contribution in [0, 0.1) is 0 Å². The smallest absolute Gasteiger partial charge is 0.408 e. The average Bonchev–Trinajstić information content (AvgIpc) is 2.20. The van der Waals surface area contributed by atoms with Gasteiger partial charge in [0.15, 0.2) is 8.32 Å². The predicted molar refractivity (Wildman–Crippen MR) is 89.5 cm³/mol. The molecule has 1 aliphatic rings. The highest BCUT2D eigenvalue weighted by Gasteiger charge is 2.50. The minimum atomic E-state index is -1.85. The van der Waals surface area contributed by atoms with Crippen molar-refractivity contribution in [2.24, 2.45) is 0 Å². The highest BCUT2D eigenvalue weighted by Crippen LogP contribution is 2.42. The van der Waals surface area contributed by atoms with Gasteiger partial charge in [-0.05, 0) is 38.9 Å². The van der Waals surface area contributed by atoms with Crippen molar-refractivity contribution < 1.29 is 18.8 Å². The van der Waals surface area contributed by atoms with Crippen LogP contribution in [0.25, 0.3) is 0 Å². The summed E-state index contributed by atoms with van der Waals surface area (Å²) in [4.78, 5) is 23.3. The molecule has 1 N–H and O–H groups in total. The Morgan fingerprint density at radius 1 is 1.18 bits per heavy atom. The first-order valence-electron chi connectivity index (χ1n) is 7.85. The highest BCUT2D eigenvalue weighted by atomic mass is 28.4. The molecule has 0 atom stereocenters. The molecule has 1 rings (SSSR count). The summed E-state index contributed by atoms with van der Waals surface area (Å²) in [6, 6.07) is 0. The average molecular weight is 330 g/mol. The van der Waals surface area contributed by atoms with Crippen LogP contribution < -0.4 is 5.32 Å². The van der Waals surface area contributed by atoms with Gasteiger partial charge < -0.3 is 19.3 Å². The predicted octanol–water partition coefficient (Wildman–Crippen LogP) is 3.63. The number of ether oxygens (including phenoxy) is 1. The van der Waals surface area contributed by atoms with Gasteiger partial charge in [0.25, 0.3) is 0 Å². The van der Waals surface area contributed by atoms with Crippen LogP contribution in [0.15, 0.2) is 0 Å². The van der Waals surface area contributed by atoms with Crippen molar-refractivity contribution in [1.82, 2.24) is 5.32 Å². The fraction of sp³-hybridized carbons (Fsp3) is 0.875. The van der Waals surface area contributed by atoms with Gasteiger partial charge in [-0.1, -0.05) is 20.8 Å². The molecule has 128 valence electrons. The fourth-order valence-electron chi connectivity index (χ4n) is 2.16. The summed E-state index contributed by atoms with van der Waals surface area (Å²) in [5.41, 5.74) is -1.41. The molecule has 22 heavy (non-hydrogen) atoms. The quantitative estimate of drug-likeness (QED) is 0.632. The molecule has 0 aromatic rings. The van der Waals surface area contributed by atoms with Gasteiger partial charge >= 0.3 is 6.09 Å². The fourth-order valence-corrected chi connectivity index (χ4v) is 3.52. The molecular weight excluding hydrogens is 298 g/mol. The number of nitrogens with one attached hydrogen (secondary N) is 1. The Labute approximate surface area is 135 Å². The van der Waals surface area contributed by atoms with Gasteiger partial charge in [-0.2, -0.15) is 0 Å². The molecule has 1 saturated carbocycles. The summed E-state index contributed by atoms with van der Waals surface area (Å²) >= 11 is 0. The largest absolute Gasteiger partial charge is 0.444 e. The van der Waals surface area contributed by atoms with Gasteiger partial charge in [-0.3, -0.25) is 0 Å². The highest BCUT2D eigenvalue weighted by molar-refractivity contribution is 6.74. The maximum atomic E-state index is 11.9. The second-order valence-electron chi connectivity index (χ2n) is 8.81. The van der Waals surface area contributed by atoms with E-state index in [0.717, 1.165) is 6.29 Å². The number of hydrogen-bond acceptors (Lipinski definition) is 4. The second-order valence-corrected chi connectivity index (χ2v) is 13.6. The molecule has 1 amide bonds. The summed E-state index contributed by atoms with van der Waals surface area (Å²) in [7, 11) is -1.85. The van der Waals surface area contributed by atoms with Gasteiger partial charge in [0.1, 0.15) is 17.4 Å². The van der Waals surface area contributed by atoms with Crippen molar-refractivity contribution in [2.75, 3.05) is 0 Å². The van der Waals surface area contributed by atoms with Crippen molar-refractivity contribution in [3.63, 3.8) is 0 Å². The lowest BCUT2D eigenvalue weighted by molar-refractivity contribution is -0.121. The van der Waals surface area contributed by atoms with E-state index in [1.165, 1.54) is 0 Å². The zero-order valence-electron chi connectivity index (χ0n) is 15.2. The molecule has 0 unspecified atom stereocenters. The zero-order chi connectivity index (χ0) is 17.4. The SMILES string of the molecule is CC(C)(C)OC(=O)NC1(C=O)CC(O[Si](C)(C)C(C)(C)C)C1. The van der Waals surface area contributed by atoms with E-state index in [4.69, 9.17) is 9.16 Å². The lowest BCUT2D eigenvalue weighted by Crippen LogP contribution is -2.63. The Morgan fingerprint density at radius 2 is 1.68 bits per heavy atom. The first kappa shape index (κ1) is 19.2. The zero-order valence-corrected chi connectivity index (χ0v) is 16.2. The Hall–Kier alpha value is -0.883. The van der Waals surface area contributed by atoms with Crippen LogP contribution in [0.5, 0.6) is 0 Å². The Bertz CT molecular complexity index is 428. The third-order valence-electron chi connectivity index (χ3n) is 4.43. The molecule has 0 radical (unpaired) electrons. The number of hydrogen-bond donors (Lipinski definition) is 1. The van der Waals surface area contributed by atoms with E-state index in [-0.39, 0.29) is 11.1 Å². The third-order valence-corrected chi connectivity index (χ3v) is 8.96. The molecule has 0 aliphatic heterocycles. The molecule has 1 fully saturated rings. The molecule has 0 saturated heterocycles. The van der Waals surface area contributed by atoms with E-state index in [1.807, 2.05) is 0 Å². The summed E-state index contributed by atoms with van der Waals surface area (Å²) in [6.07, 6.45) is 1.32. The van der Waals surface area contributed by atoms with Crippen LogP contribution in [0.4, 0.5) is 4.79 Å². The van der Waals surface area contributed by atoms with Crippen molar-refractivity contribution in [1.29, 1.82) is 0 Å². The topological polar surface area (TPSA) is 64.6 Å². The van der Waals surface area contributed by atoms with E-state index < -0.39 is 25.6 Å². The Balaban J connectivity index is 2.58. The number of carbonyl (C=O) groups excluding carboxylic acids is 2. The van der Waals surface area contributed by atoms with E-state index in [2.05, 4.69) is 39.2 Å². The lowest BCUT2D eigenvalue weighted by atomic mass is 9.75. The minimum absolute atomic E-state index is 0.0287. The molecule has 0 aromatic carbocycles. The Kier molecular flexibility index (Phi) is 5.19. The van der Waals surface area contributed by atoms with Gasteiger partial charge in [0.2, 0.25) is 0 Å². The number of rotatable bonds is 4. The second kappa shape index (κ2) is 5.96. The summed E-state index contributed by atoms with van der Waals surface area (Å²) < 4.78 is 11.5. The van der Waals surface area contributed by atoms with Crippen molar-refractivity contribution in [3.05, 3.63) is 0 Å². The molecule has 0 heterocycles. The van der Waals surface area contributed by atoms with Gasteiger partial charge in [0.05, 0.1) is 6.10 Å². The Morgan fingerprint density at radius 3 is 2.05 bits per heavy atom. The van der Waals surface area contributed by atoms with Crippen molar-refractivity contribution in [2.45, 2.75) is 89.8 Å². The summed E-state index contributed by atoms with van der Waals surface area (Å²) in [6.45, 7) is 16.3. The molecule has 1 aliphatic carbocycles. The molecule has 5 nitrogen and oxygen atoms in total. The maximum absolute atomic E-state index is 11.9. The molecular formula is C16H31NO4Si. The minimum Gasteiger partial charge on any atom is -0.444 e. The molecule has 6 heteroatoms. The number of alkyl carbamates (subject to hydrolysis) is 1. The first-order valence-corrected chi connectivity index (χ1v) is 10.8. The van der Waals surface area contributed by atoms with Gasteiger partial charge in [-0.15, -0.1) is 0 Å². The number of aldehydes is 1. The molecule has 0 bridgehead atoms.